The van der Waals surface area contributed by atoms with Gasteiger partial charge in [0.15, 0.2) is 12.2 Å². The van der Waals surface area contributed by atoms with Crippen molar-refractivity contribution in [2.45, 2.75) is 395 Å². The SMILES string of the molecule is NCCCCNCC(CCCCCCNC(=O)C(CNC(=O)CCCCCCCCCCCCCCCCCCCCCCCNC(=O)[C@@H](O)[C@H](O)[C@@H](O)[C@H](O)CO)NC(=O)CCCCCCCCCCCCCCCCCCCCCCCNC(=O)[C@H](O)[C@@H](O)[C@H](O)[C@@H](O)CO)CNCCCCN. The second-order valence-electron chi connectivity index (χ2n) is 30.0. The van der Waals surface area contributed by atoms with Crippen LogP contribution in [0.25, 0.3) is 0 Å². The monoisotopic (exact) mass is 1490 g/mol. The van der Waals surface area contributed by atoms with Crippen molar-refractivity contribution >= 4 is 29.5 Å². The minimum absolute atomic E-state index is 0.0800. The van der Waals surface area contributed by atoms with E-state index in [0.717, 1.165) is 187 Å². The summed E-state index contributed by atoms with van der Waals surface area (Å²) in [5.41, 5.74) is 11.4. The number of carbonyl (C=O) groups excluding carboxylic acids is 5. The van der Waals surface area contributed by atoms with Gasteiger partial charge in [0, 0.05) is 39.0 Å². The zero-order valence-electron chi connectivity index (χ0n) is 65.4. The van der Waals surface area contributed by atoms with Crippen LogP contribution in [-0.4, -0.2) is 214 Å². The fraction of sp³-hybridized carbons (Fsp3) is 0.938. The molecular weight excluding hydrogens is 1330 g/mol. The quantitative estimate of drug-likeness (QED) is 0.0255. The Balaban J connectivity index is 4.42. The number of aliphatic hydroxyl groups is 10. The van der Waals surface area contributed by atoms with E-state index in [9.17, 15) is 64.8 Å². The average Bonchev–Trinajstić information content (AvgIpc) is 0.893. The number of nitrogens with two attached hydrogens (primary N) is 2. The predicted molar refractivity (Wildman–Crippen MR) is 418 cm³/mol. The van der Waals surface area contributed by atoms with Crippen molar-refractivity contribution in [1.29, 1.82) is 0 Å². The summed E-state index contributed by atoms with van der Waals surface area (Å²) in [6, 6.07) is -0.818. The smallest absolute Gasteiger partial charge is 0.251 e. The molecule has 0 aliphatic rings. The molecule has 0 saturated carbocycles. The number of rotatable bonds is 81. The van der Waals surface area contributed by atoms with Gasteiger partial charge >= 0.3 is 0 Å². The first-order valence-electron chi connectivity index (χ1n) is 42.4. The minimum atomic E-state index is -1.89. The molecule has 0 saturated heterocycles. The van der Waals surface area contributed by atoms with Crippen LogP contribution in [0, 0.1) is 5.92 Å². The van der Waals surface area contributed by atoms with Gasteiger partial charge in [0.05, 0.1) is 13.2 Å². The molecule has 0 spiro atoms. The molecule has 0 aromatic rings. The first-order valence-corrected chi connectivity index (χ1v) is 42.4. The Kier molecular flexibility index (Phi) is 72.9. The zero-order valence-corrected chi connectivity index (χ0v) is 65.4. The molecule has 104 heavy (non-hydrogen) atoms. The highest BCUT2D eigenvalue weighted by Gasteiger charge is 2.35. The van der Waals surface area contributed by atoms with Crippen LogP contribution in [0.5, 0.6) is 0 Å². The van der Waals surface area contributed by atoms with Gasteiger partial charge in [-0.15, -0.1) is 0 Å². The van der Waals surface area contributed by atoms with Gasteiger partial charge in [0.1, 0.15) is 42.7 Å². The zero-order chi connectivity index (χ0) is 76.6. The Hall–Kier alpha value is -3.21. The largest absolute Gasteiger partial charge is 0.394 e. The van der Waals surface area contributed by atoms with Gasteiger partial charge in [-0.2, -0.15) is 0 Å². The molecule has 0 aliphatic heterocycles. The van der Waals surface area contributed by atoms with E-state index in [4.69, 9.17) is 21.7 Å². The number of nitrogens with one attached hydrogen (secondary N) is 7. The summed E-state index contributed by atoms with van der Waals surface area (Å²) >= 11 is 0. The highest BCUT2D eigenvalue weighted by Crippen LogP contribution is 2.19. The number of amides is 5. The van der Waals surface area contributed by atoms with Gasteiger partial charge in [-0.25, -0.2) is 0 Å². The van der Waals surface area contributed by atoms with E-state index in [1.54, 1.807) is 0 Å². The summed E-state index contributed by atoms with van der Waals surface area (Å²) in [7, 11) is 0. The Bertz CT molecular complexity index is 1930. The molecular formula is C80H161N9O15. The van der Waals surface area contributed by atoms with E-state index >= 15 is 0 Å². The summed E-state index contributed by atoms with van der Waals surface area (Å²) in [5, 5.41) is 117. The molecule has 616 valence electrons. The van der Waals surface area contributed by atoms with Crippen molar-refractivity contribution in [3.05, 3.63) is 0 Å². The lowest BCUT2D eigenvalue weighted by atomic mass is 10.00. The van der Waals surface area contributed by atoms with Gasteiger partial charge in [-0.1, -0.05) is 263 Å². The van der Waals surface area contributed by atoms with E-state index in [2.05, 4.69) is 37.2 Å². The Morgan fingerprint density at radius 3 is 0.827 bits per heavy atom. The molecule has 0 aromatic heterocycles. The Morgan fingerprint density at radius 1 is 0.269 bits per heavy atom. The van der Waals surface area contributed by atoms with Crippen molar-refractivity contribution in [3.8, 4) is 0 Å². The number of carbonyl (C=O) groups is 5. The second-order valence-corrected chi connectivity index (χ2v) is 30.0. The number of hydrogen-bond donors (Lipinski definition) is 19. The normalized spacial score (nSPS) is 14.4. The van der Waals surface area contributed by atoms with Crippen molar-refractivity contribution < 1.29 is 75.0 Å². The van der Waals surface area contributed by atoms with Gasteiger partial charge in [-0.3, -0.25) is 24.0 Å². The minimum Gasteiger partial charge on any atom is -0.394 e. The van der Waals surface area contributed by atoms with Crippen LogP contribution in [0.1, 0.15) is 340 Å². The van der Waals surface area contributed by atoms with E-state index in [1.807, 2.05) is 0 Å². The highest BCUT2D eigenvalue weighted by atomic mass is 16.4. The summed E-state index contributed by atoms with van der Waals surface area (Å²) in [4.78, 5) is 64.0. The van der Waals surface area contributed by atoms with E-state index in [-0.39, 0.29) is 24.3 Å². The van der Waals surface area contributed by atoms with Crippen LogP contribution in [-0.2, 0) is 24.0 Å². The maximum atomic E-state index is 13.6. The molecule has 24 heteroatoms. The third-order valence-electron chi connectivity index (χ3n) is 20.3. The molecule has 0 radical (unpaired) electrons. The highest BCUT2D eigenvalue weighted by molar-refractivity contribution is 5.88. The van der Waals surface area contributed by atoms with Crippen molar-refractivity contribution in [2.24, 2.45) is 17.4 Å². The maximum Gasteiger partial charge on any atom is 0.251 e. The van der Waals surface area contributed by atoms with Crippen molar-refractivity contribution in [3.63, 3.8) is 0 Å². The first kappa shape index (κ1) is 101. The standard InChI is InChI=1S/C80H161N9O15/c81-54-44-49-56-83-61-66(62-84-57-50-45-55-82)51-41-37-40-48-58-85-78(102)67(89-71(95)53-43-36-32-28-24-20-16-12-8-4-2-6-10-14-18-22-26-30-34-39-47-60-87-80(104)77(101)75(99)73(97)69(93)65-91)63-88-70(94)52-42-35-31-27-23-19-15-11-7-3-1-5-9-13-17-21-25-29-33-38-46-59-86-79(103)76(100)74(98)72(96)68(92)64-90/h66-69,72-77,83-84,90-93,96-101H,1-65,81-82H2,(H,85,102)(H,86,103)(H,87,104)(H,88,94)(H,89,95)/t67?,68-,69+,72+,73-,74-,75+,76+,77-/m1/s1. The van der Waals surface area contributed by atoms with Crippen LogP contribution < -0.4 is 48.7 Å². The fourth-order valence-electron chi connectivity index (χ4n) is 13.2. The molecule has 0 heterocycles. The summed E-state index contributed by atoms with van der Waals surface area (Å²) in [6.07, 6.45) is 44.7. The summed E-state index contributed by atoms with van der Waals surface area (Å²) in [5.74, 6) is -1.55. The molecule has 0 aliphatic carbocycles. The molecule has 21 N–H and O–H groups in total. The molecule has 0 aromatic carbocycles. The van der Waals surface area contributed by atoms with Gasteiger partial charge in [0.2, 0.25) is 17.7 Å². The van der Waals surface area contributed by atoms with Gasteiger partial charge in [0.25, 0.3) is 11.8 Å². The van der Waals surface area contributed by atoms with Crippen molar-refractivity contribution in [1.82, 2.24) is 37.2 Å². The Labute approximate surface area is 630 Å². The molecule has 0 rings (SSSR count). The summed E-state index contributed by atoms with van der Waals surface area (Å²) in [6.45, 7) is 5.12. The van der Waals surface area contributed by atoms with Gasteiger partial charge < -0.3 is 99.8 Å². The molecule has 0 fully saturated rings. The molecule has 9 atom stereocenters. The number of aliphatic hydroxyl groups excluding tert-OH is 10. The maximum absolute atomic E-state index is 13.6. The Morgan fingerprint density at radius 2 is 0.529 bits per heavy atom. The first-order chi connectivity index (χ1) is 50.5. The molecule has 1 unspecified atom stereocenters. The summed E-state index contributed by atoms with van der Waals surface area (Å²) < 4.78 is 0. The van der Waals surface area contributed by atoms with Crippen LogP contribution in [0.4, 0.5) is 0 Å². The lowest BCUT2D eigenvalue weighted by Crippen LogP contribution is -2.52. The van der Waals surface area contributed by atoms with Crippen LogP contribution >= 0.6 is 0 Å². The fourth-order valence-corrected chi connectivity index (χ4v) is 13.2. The number of hydrogen-bond acceptors (Lipinski definition) is 19. The molecule has 0 bridgehead atoms. The number of unbranched alkanes of at least 4 members (excludes halogenated alkanes) is 45. The third-order valence-corrected chi connectivity index (χ3v) is 20.3. The van der Waals surface area contributed by atoms with Crippen LogP contribution in [0.2, 0.25) is 0 Å². The van der Waals surface area contributed by atoms with Gasteiger partial charge in [-0.05, 0) is 109 Å². The van der Waals surface area contributed by atoms with E-state index in [0.29, 0.717) is 38.4 Å². The lowest BCUT2D eigenvalue weighted by molar-refractivity contribution is -0.149. The third kappa shape index (κ3) is 61.6. The second kappa shape index (κ2) is 75.2. The molecule has 5 amide bonds. The average molecular weight is 1490 g/mol. The topological polar surface area (TPSA) is 424 Å². The predicted octanol–water partition coefficient (Wildman–Crippen LogP) is 8.20. The molecule has 24 nitrogen and oxygen atoms in total. The van der Waals surface area contributed by atoms with Crippen LogP contribution in [0.15, 0.2) is 0 Å². The van der Waals surface area contributed by atoms with E-state index in [1.165, 1.54) is 180 Å². The van der Waals surface area contributed by atoms with Crippen LogP contribution in [0.3, 0.4) is 0 Å². The lowest BCUT2D eigenvalue weighted by Gasteiger charge is -2.24. The van der Waals surface area contributed by atoms with E-state index < -0.39 is 79.9 Å². The van der Waals surface area contributed by atoms with Crippen molar-refractivity contribution in [2.75, 3.05) is 78.7 Å².